The lowest BCUT2D eigenvalue weighted by Gasteiger charge is -2.17. The van der Waals surface area contributed by atoms with Gasteiger partial charge in [0.25, 0.3) is 0 Å². The van der Waals surface area contributed by atoms with E-state index in [0.29, 0.717) is 13.0 Å². The van der Waals surface area contributed by atoms with Crippen LogP contribution in [0.25, 0.3) is 0 Å². The van der Waals surface area contributed by atoms with Gasteiger partial charge in [-0.1, -0.05) is 24.3 Å². The minimum atomic E-state index is -0.428. The molecule has 3 rings (SSSR count). The Bertz CT molecular complexity index is 872. The summed E-state index contributed by atoms with van der Waals surface area (Å²) in [7, 11) is 4.01. The van der Waals surface area contributed by atoms with Gasteiger partial charge in [0.15, 0.2) is 0 Å². The van der Waals surface area contributed by atoms with Gasteiger partial charge in [0.05, 0.1) is 12.2 Å². The Labute approximate surface area is 165 Å². The number of nitrogens with one attached hydrogen (secondary N) is 1. The summed E-state index contributed by atoms with van der Waals surface area (Å²) in [5.41, 5.74) is 3.07. The number of furan rings is 1. The fraction of sp³-hybridized carbons (Fsp3) is 0.261. The molecule has 1 unspecified atom stereocenters. The van der Waals surface area contributed by atoms with E-state index in [1.54, 1.807) is 24.5 Å². The summed E-state index contributed by atoms with van der Waals surface area (Å²) in [6.07, 6.45) is 2.77. The molecule has 0 spiro atoms. The van der Waals surface area contributed by atoms with Gasteiger partial charge in [0, 0.05) is 32.7 Å². The molecule has 0 aliphatic heterocycles. The van der Waals surface area contributed by atoms with Gasteiger partial charge in [-0.3, -0.25) is 4.79 Å². The Hall–Kier alpha value is -3.08. The normalized spacial score (nSPS) is 11.8. The van der Waals surface area contributed by atoms with Gasteiger partial charge in [-0.05, 0) is 53.9 Å². The number of halogens is 1. The fourth-order valence-electron chi connectivity index (χ4n) is 3.10. The summed E-state index contributed by atoms with van der Waals surface area (Å²) in [6, 6.07) is 18.0. The zero-order valence-corrected chi connectivity index (χ0v) is 16.2. The lowest BCUT2D eigenvalue weighted by Crippen LogP contribution is -2.32. The monoisotopic (exact) mass is 380 g/mol. The van der Waals surface area contributed by atoms with E-state index < -0.39 is 5.92 Å². The van der Waals surface area contributed by atoms with Gasteiger partial charge in [0.2, 0.25) is 5.91 Å². The number of nitrogens with zero attached hydrogens (tertiary/aromatic N) is 1. The van der Waals surface area contributed by atoms with Crippen LogP contribution in [0.3, 0.4) is 0 Å². The highest BCUT2D eigenvalue weighted by molar-refractivity contribution is 5.83. The van der Waals surface area contributed by atoms with Crippen LogP contribution >= 0.6 is 0 Å². The summed E-state index contributed by atoms with van der Waals surface area (Å²) in [5, 5.41) is 3.01. The SMILES string of the molecule is CN(C)c1ccc(CCNC(=O)C(Cc2ccco2)c2ccc(F)cc2)cc1. The van der Waals surface area contributed by atoms with Crippen LogP contribution in [0.1, 0.15) is 22.8 Å². The number of rotatable bonds is 8. The van der Waals surface area contributed by atoms with Crippen molar-refractivity contribution in [2.24, 2.45) is 0 Å². The molecular weight excluding hydrogens is 355 g/mol. The highest BCUT2D eigenvalue weighted by atomic mass is 19.1. The summed E-state index contributed by atoms with van der Waals surface area (Å²) >= 11 is 0. The van der Waals surface area contributed by atoms with Crippen molar-refractivity contribution in [3.8, 4) is 0 Å². The summed E-state index contributed by atoms with van der Waals surface area (Å²) in [4.78, 5) is 14.9. The number of carbonyl (C=O) groups excluding carboxylic acids is 1. The molecule has 146 valence electrons. The molecule has 1 aromatic heterocycles. The lowest BCUT2D eigenvalue weighted by molar-refractivity contribution is -0.122. The number of amides is 1. The molecular formula is C23H25FN2O2. The van der Waals surface area contributed by atoms with Crippen LogP contribution in [-0.2, 0) is 17.6 Å². The maximum atomic E-state index is 13.3. The third-order valence-electron chi connectivity index (χ3n) is 4.74. The number of anilines is 1. The number of carbonyl (C=O) groups is 1. The summed E-state index contributed by atoms with van der Waals surface area (Å²) in [6.45, 7) is 0.538. The largest absolute Gasteiger partial charge is 0.469 e. The molecule has 4 nitrogen and oxygen atoms in total. The quantitative estimate of drug-likeness (QED) is 0.638. The second-order valence-electron chi connectivity index (χ2n) is 6.99. The van der Waals surface area contributed by atoms with Crippen molar-refractivity contribution in [3.63, 3.8) is 0 Å². The predicted octanol–water partition coefficient (Wildman–Crippen LogP) is 4.17. The highest BCUT2D eigenvalue weighted by Gasteiger charge is 2.22. The smallest absolute Gasteiger partial charge is 0.228 e. The minimum Gasteiger partial charge on any atom is -0.469 e. The van der Waals surface area contributed by atoms with Gasteiger partial charge < -0.3 is 14.6 Å². The molecule has 0 radical (unpaired) electrons. The van der Waals surface area contributed by atoms with Crippen LogP contribution in [0.4, 0.5) is 10.1 Å². The molecule has 3 aromatic rings. The van der Waals surface area contributed by atoms with Crippen LogP contribution in [0.15, 0.2) is 71.3 Å². The average Bonchev–Trinajstić information content (AvgIpc) is 3.20. The topological polar surface area (TPSA) is 45.5 Å². The van der Waals surface area contributed by atoms with E-state index in [-0.39, 0.29) is 11.7 Å². The van der Waals surface area contributed by atoms with E-state index in [1.165, 1.54) is 12.1 Å². The molecule has 1 atom stereocenters. The van der Waals surface area contributed by atoms with Gasteiger partial charge in [-0.15, -0.1) is 0 Å². The Morgan fingerprint density at radius 2 is 1.79 bits per heavy atom. The first-order valence-electron chi connectivity index (χ1n) is 9.35. The van der Waals surface area contributed by atoms with Crippen molar-refractivity contribution in [3.05, 3.63) is 89.6 Å². The van der Waals surface area contributed by atoms with E-state index in [4.69, 9.17) is 4.42 Å². The van der Waals surface area contributed by atoms with Crippen molar-refractivity contribution in [1.29, 1.82) is 0 Å². The molecule has 0 saturated heterocycles. The Morgan fingerprint density at radius 1 is 1.07 bits per heavy atom. The standard InChI is InChI=1S/C23H25FN2O2/c1-26(2)20-11-5-17(6-12-20)13-14-25-23(27)22(16-21-4-3-15-28-21)18-7-9-19(24)10-8-18/h3-12,15,22H,13-14,16H2,1-2H3,(H,25,27). The zero-order valence-electron chi connectivity index (χ0n) is 16.2. The average molecular weight is 380 g/mol. The molecule has 1 heterocycles. The van der Waals surface area contributed by atoms with Crippen LogP contribution in [0.5, 0.6) is 0 Å². The van der Waals surface area contributed by atoms with E-state index in [9.17, 15) is 9.18 Å². The molecule has 0 aliphatic rings. The first-order valence-corrected chi connectivity index (χ1v) is 9.35. The molecule has 0 aliphatic carbocycles. The van der Waals surface area contributed by atoms with Gasteiger partial charge in [-0.25, -0.2) is 4.39 Å². The number of benzene rings is 2. The Balaban J connectivity index is 1.63. The molecule has 0 saturated carbocycles. The van der Waals surface area contributed by atoms with Gasteiger partial charge in [-0.2, -0.15) is 0 Å². The number of hydrogen-bond donors (Lipinski definition) is 1. The fourth-order valence-corrected chi connectivity index (χ4v) is 3.10. The second kappa shape index (κ2) is 9.22. The molecule has 28 heavy (non-hydrogen) atoms. The molecule has 2 aromatic carbocycles. The molecule has 1 amide bonds. The summed E-state index contributed by atoms with van der Waals surface area (Å²) < 4.78 is 18.7. The zero-order chi connectivity index (χ0) is 19.9. The van der Waals surface area contributed by atoms with Crippen molar-refractivity contribution in [2.75, 3.05) is 25.5 Å². The second-order valence-corrected chi connectivity index (χ2v) is 6.99. The molecule has 0 bridgehead atoms. The Kier molecular flexibility index (Phi) is 6.48. The highest BCUT2D eigenvalue weighted by Crippen LogP contribution is 2.22. The molecule has 0 fully saturated rings. The van der Waals surface area contributed by atoms with Crippen molar-refractivity contribution >= 4 is 11.6 Å². The Morgan fingerprint density at radius 3 is 2.39 bits per heavy atom. The van der Waals surface area contributed by atoms with Crippen molar-refractivity contribution < 1.29 is 13.6 Å². The van der Waals surface area contributed by atoms with Gasteiger partial charge in [0.1, 0.15) is 11.6 Å². The maximum absolute atomic E-state index is 13.3. The van der Waals surface area contributed by atoms with E-state index in [1.807, 2.05) is 25.1 Å². The molecule has 1 N–H and O–H groups in total. The van der Waals surface area contributed by atoms with Crippen molar-refractivity contribution in [2.45, 2.75) is 18.8 Å². The van der Waals surface area contributed by atoms with Gasteiger partial charge >= 0.3 is 0 Å². The number of hydrogen-bond acceptors (Lipinski definition) is 3. The van der Waals surface area contributed by atoms with Crippen LogP contribution in [-0.4, -0.2) is 26.5 Å². The van der Waals surface area contributed by atoms with Crippen LogP contribution < -0.4 is 10.2 Å². The first kappa shape index (κ1) is 19.7. The van der Waals surface area contributed by atoms with E-state index in [2.05, 4.69) is 29.6 Å². The first-order chi connectivity index (χ1) is 13.5. The van der Waals surface area contributed by atoms with E-state index >= 15 is 0 Å². The van der Waals surface area contributed by atoms with E-state index in [0.717, 1.165) is 29.0 Å². The van der Waals surface area contributed by atoms with Crippen LogP contribution in [0.2, 0.25) is 0 Å². The lowest BCUT2D eigenvalue weighted by atomic mass is 9.93. The van der Waals surface area contributed by atoms with Crippen molar-refractivity contribution in [1.82, 2.24) is 5.32 Å². The third kappa shape index (κ3) is 5.22. The maximum Gasteiger partial charge on any atom is 0.228 e. The molecule has 5 heteroatoms. The minimum absolute atomic E-state index is 0.0899. The third-order valence-corrected chi connectivity index (χ3v) is 4.74. The summed E-state index contributed by atoms with van der Waals surface area (Å²) in [5.74, 6) is -0.110. The van der Waals surface area contributed by atoms with Crippen LogP contribution in [0, 0.1) is 5.82 Å². The predicted molar refractivity (Wildman–Crippen MR) is 109 cm³/mol.